The summed E-state index contributed by atoms with van der Waals surface area (Å²) in [4.78, 5) is 21.8. The fourth-order valence-corrected chi connectivity index (χ4v) is 1.67. The van der Waals surface area contributed by atoms with E-state index < -0.39 is 5.97 Å². The number of rotatable bonds is 7. The van der Waals surface area contributed by atoms with Gasteiger partial charge in [0.2, 0.25) is 17.7 Å². The third-order valence-electron chi connectivity index (χ3n) is 2.71. The second-order valence-electron chi connectivity index (χ2n) is 4.36. The van der Waals surface area contributed by atoms with Gasteiger partial charge in [0, 0.05) is 24.9 Å². The monoisotopic (exact) mass is 289 g/mol. The standard InChI is InChI=1S/C14H15N3O4/c18-11(15-9-8-13(19)20)6-7-12-16-17-14(21-12)10-4-2-1-3-5-10/h1-5H,6-9H2,(H,15,18)(H,19,20). The maximum absolute atomic E-state index is 11.5. The number of benzene rings is 1. The summed E-state index contributed by atoms with van der Waals surface area (Å²) in [5, 5.41) is 18.8. The van der Waals surface area contributed by atoms with Crippen LogP contribution in [0.25, 0.3) is 11.5 Å². The van der Waals surface area contributed by atoms with Crippen LogP contribution >= 0.6 is 0 Å². The molecule has 0 aliphatic rings. The van der Waals surface area contributed by atoms with Gasteiger partial charge in [-0.25, -0.2) is 0 Å². The summed E-state index contributed by atoms with van der Waals surface area (Å²) >= 11 is 0. The van der Waals surface area contributed by atoms with Gasteiger partial charge in [0.25, 0.3) is 0 Å². The maximum Gasteiger partial charge on any atom is 0.305 e. The Bertz CT molecular complexity index is 610. The topological polar surface area (TPSA) is 105 Å². The molecule has 2 N–H and O–H groups in total. The van der Waals surface area contributed by atoms with E-state index in [1.54, 1.807) is 0 Å². The number of amides is 1. The Balaban J connectivity index is 1.80. The predicted molar refractivity (Wildman–Crippen MR) is 73.3 cm³/mol. The third kappa shape index (κ3) is 4.72. The molecule has 7 nitrogen and oxygen atoms in total. The molecule has 1 amide bonds. The van der Waals surface area contributed by atoms with E-state index in [-0.39, 0.29) is 25.3 Å². The van der Waals surface area contributed by atoms with Crippen molar-refractivity contribution in [3.05, 3.63) is 36.2 Å². The van der Waals surface area contributed by atoms with Crippen molar-refractivity contribution in [2.24, 2.45) is 0 Å². The molecule has 0 aliphatic carbocycles. The molecule has 0 aliphatic heterocycles. The lowest BCUT2D eigenvalue weighted by Gasteiger charge is -2.01. The zero-order chi connectivity index (χ0) is 15.1. The van der Waals surface area contributed by atoms with Gasteiger partial charge < -0.3 is 14.8 Å². The molecule has 0 saturated carbocycles. The summed E-state index contributed by atoms with van der Waals surface area (Å²) < 4.78 is 5.47. The van der Waals surface area contributed by atoms with Crippen molar-refractivity contribution in [3.8, 4) is 11.5 Å². The number of aromatic nitrogens is 2. The molecule has 0 fully saturated rings. The van der Waals surface area contributed by atoms with E-state index in [0.29, 0.717) is 18.2 Å². The molecular weight excluding hydrogens is 274 g/mol. The van der Waals surface area contributed by atoms with Crippen LogP contribution < -0.4 is 5.32 Å². The first-order valence-corrected chi connectivity index (χ1v) is 6.51. The van der Waals surface area contributed by atoms with E-state index in [2.05, 4.69) is 15.5 Å². The zero-order valence-electron chi connectivity index (χ0n) is 11.3. The molecule has 0 saturated heterocycles. The van der Waals surface area contributed by atoms with Gasteiger partial charge in [0.05, 0.1) is 6.42 Å². The van der Waals surface area contributed by atoms with E-state index >= 15 is 0 Å². The van der Waals surface area contributed by atoms with Crippen LogP contribution in [0, 0.1) is 0 Å². The zero-order valence-corrected chi connectivity index (χ0v) is 11.3. The Morgan fingerprint density at radius 3 is 2.62 bits per heavy atom. The van der Waals surface area contributed by atoms with Crippen molar-refractivity contribution in [1.82, 2.24) is 15.5 Å². The fourth-order valence-electron chi connectivity index (χ4n) is 1.67. The predicted octanol–water partition coefficient (Wildman–Crippen LogP) is 1.26. The number of carbonyl (C=O) groups is 2. The summed E-state index contributed by atoms with van der Waals surface area (Å²) in [5.74, 6) is -0.394. The Labute approximate surface area is 121 Å². The maximum atomic E-state index is 11.5. The summed E-state index contributed by atoms with van der Waals surface area (Å²) in [6.45, 7) is 0.118. The lowest BCUT2D eigenvalue weighted by Crippen LogP contribution is -2.26. The van der Waals surface area contributed by atoms with Gasteiger partial charge in [0.1, 0.15) is 0 Å². The van der Waals surface area contributed by atoms with Gasteiger partial charge in [0.15, 0.2) is 0 Å². The van der Waals surface area contributed by atoms with Crippen LogP contribution in [-0.2, 0) is 16.0 Å². The van der Waals surface area contributed by atoms with E-state index in [1.807, 2.05) is 30.3 Å². The number of aryl methyl sites for hydroxylation is 1. The summed E-state index contributed by atoms with van der Waals surface area (Å²) in [7, 11) is 0. The molecule has 0 unspecified atom stereocenters. The highest BCUT2D eigenvalue weighted by molar-refractivity contribution is 5.76. The number of carbonyl (C=O) groups excluding carboxylic acids is 1. The average molecular weight is 289 g/mol. The fraction of sp³-hybridized carbons (Fsp3) is 0.286. The molecule has 0 atom stereocenters. The van der Waals surface area contributed by atoms with Crippen LogP contribution in [0.15, 0.2) is 34.7 Å². The number of hydrogen-bond acceptors (Lipinski definition) is 5. The molecule has 21 heavy (non-hydrogen) atoms. The van der Waals surface area contributed by atoms with Gasteiger partial charge >= 0.3 is 5.97 Å². The van der Waals surface area contributed by atoms with Crippen LogP contribution in [0.5, 0.6) is 0 Å². The summed E-state index contributed by atoms with van der Waals surface area (Å²) in [5.41, 5.74) is 0.821. The molecule has 110 valence electrons. The van der Waals surface area contributed by atoms with Crippen LogP contribution in [0.3, 0.4) is 0 Å². The Kier molecular flexibility index (Phi) is 5.03. The van der Waals surface area contributed by atoms with E-state index in [9.17, 15) is 9.59 Å². The van der Waals surface area contributed by atoms with Crippen molar-refractivity contribution < 1.29 is 19.1 Å². The minimum atomic E-state index is -0.945. The lowest BCUT2D eigenvalue weighted by atomic mass is 10.2. The number of aliphatic carboxylic acids is 1. The lowest BCUT2D eigenvalue weighted by molar-refractivity contribution is -0.136. The minimum Gasteiger partial charge on any atom is -0.481 e. The van der Waals surface area contributed by atoms with Crippen LogP contribution in [0.4, 0.5) is 0 Å². The highest BCUT2D eigenvalue weighted by Gasteiger charge is 2.10. The van der Waals surface area contributed by atoms with E-state index in [4.69, 9.17) is 9.52 Å². The molecule has 1 heterocycles. The van der Waals surface area contributed by atoms with E-state index in [0.717, 1.165) is 5.56 Å². The molecule has 0 spiro atoms. The number of carboxylic acid groups (broad SMARTS) is 1. The highest BCUT2D eigenvalue weighted by Crippen LogP contribution is 2.17. The molecular formula is C14H15N3O4. The van der Waals surface area contributed by atoms with Crippen LogP contribution in [0.2, 0.25) is 0 Å². The van der Waals surface area contributed by atoms with Crippen molar-refractivity contribution in [2.75, 3.05) is 6.54 Å². The summed E-state index contributed by atoms with van der Waals surface area (Å²) in [6, 6.07) is 9.35. The quantitative estimate of drug-likeness (QED) is 0.795. The van der Waals surface area contributed by atoms with Crippen LogP contribution in [0.1, 0.15) is 18.7 Å². The number of nitrogens with one attached hydrogen (secondary N) is 1. The van der Waals surface area contributed by atoms with E-state index in [1.165, 1.54) is 0 Å². The van der Waals surface area contributed by atoms with Gasteiger partial charge in [-0.1, -0.05) is 18.2 Å². The van der Waals surface area contributed by atoms with Gasteiger partial charge in [-0.15, -0.1) is 10.2 Å². The molecule has 0 bridgehead atoms. The molecule has 1 aromatic heterocycles. The normalized spacial score (nSPS) is 10.3. The van der Waals surface area contributed by atoms with Gasteiger partial charge in [-0.05, 0) is 12.1 Å². The largest absolute Gasteiger partial charge is 0.481 e. The van der Waals surface area contributed by atoms with Crippen molar-refractivity contribution >= 4 is 11.9 Å². The Morgan fingerprint density at radius 1 is 1.14 bits per heavy atom. The first-order valence-electron chi connectivity index (χ1n) is 6.51. The second-order valence-corrected chi connectivity index (χ2v) is 4.36. The number of nitrogens with zero attached hydrogens (tertiary/aromatic N) is 2. The SMILES string of the molecule is O=C(O)CCNC(=O)CCc1nnc(-c2ccccc2)o1. The van der Waals surface area contributed by atoms with Crippen molar-refractivity contribution in [3.63, 3.8) is 0 Å². The van der Waals surface area contributed by atoms with Gasteiger partial charge in [-0.2, -0.15) is 0 Å². The Hall–Kier alpha value is -2.70. The highest BCUT2D eigenvalue weighted by atomic mass is 16.4. The molecule has 7 heteroatoms. The summed E-state index contributed by atoms with van der Waals surface area (Å²) in [6.07, 6.45) is 0.402. The molecule has 2 rings (SSSR count). The molecule has 0 radical (unpaired) electrons. The van der Waals surface area contributed by atoms with Crippen LogP contribution in [-0.4, -0.2) is 33.7 Å². The van der Waals surface area contributed by atoms with Gasteiger partial charge in [-0.3, -0.25) is 9.59 Å². The Morgan fingerprint density at radius 2 is 1.90 bits per heavy atom. The molecule has 1 aromatic carbocycles. The first kappa shape index (κ1) is 14.7. The van der Waals surface area contributed by atoms with Crippen molar-refractivity contribution in [1.29, 1.82) is 0 Å². The van der Waals surface area contributed by atoms with Crippen molar-refractivity contribution in [2.45, 2.75) is 19.3 Å². The second kappa shape index (κ2) is 7.18. The smallest absolute Gasteiger partial charge is 0.305 e. The minimum absolute atomic E-state index is 0.0928. The number of carboxylic acids is 1. The first-order chi connectivity index (χ1) is 10.1. The molecule has 2 aromatic rings. The average Bonchev–Trinajstić information content (AvgIpc) is 2.94. The number of hydrogen-bond donors (Lipinski definition) is 2. The third-order valence-corrected chi connectivity index (χ3v) is 2.71.